The number of nitrogens with zero attached hydrogens (tertiary/aromatic N) is 2. The maximum atomic E-state index is 11.7. The van der Waals surface area contributed by atoms with Gasteiger partial charge in [0, 0.05) is 35.3 Å². The molecule has 0 spiro atoms. The van der Waals surface area contributed by atoms with Crippen LogP contribution in [0.4, 0.5) is 11.4 Å². The summed E-state index contributed by atoms with van der Waals surface area (Å²) in [4.78, 5) is 20.1. The Labute approximate surface area is 192 Å². The number of hydrogen-bond donors (Lipinski definition) is 2. The van der Waals surface area contributed by atoms with Crippen LogP contribution in [-0.4, -0.2) is 48.7 Å². The minimum atomic E-state index is -0.518. The highest BCUT2D eigenvalue weighted by atomic mass is 32.1. The molecule has 168 valence electrons. The maximum Gasteiger partial charge on any atom is 0.224 e. The molecule has 2 N–H and O–H groups in total. The molecule has 1 unspecified atom stereocenters. The van der Waals surface area contributed by atoms with Gasteiger partial charge in [0.25, 0.3) is 0 Å². The normalized spacial score (nSPS) is 18.3. The number of benzene rings is 2. The summed E-state index contributed by atoms with van der Waals surface area (Å²) in [5.74, 6) is 0.0526. The summed E-state index contributed by atoms with van der Waals surface area (Å²) in [7, 11) is 0. The number of carbonyl (C=O) groups excluding carboxylic acids is 1. The lowest BCUT2D eigenvalue weighted by molar-refractivity contribution is -0.116. The number of thiophene rings is 1. The Bertz CT molecular complexity index is 1100. The molecule has 32 heavy (non-hydrogen) atoms. The number of carbonyl (C=O) groups is 1. The van der Waals surface area contributed by atoms with Gasteiger partial charge >= 0.3 is 0 Å². The molecule has 0 bridgehead atoms. The molecule has 2 aromatic carbocycles. The van der Waals surface area contributed by atoms with Crippen LogP contribution in [0, 0.1) is 0 Å². The molecule has 7 heteroatoms. The van der Waals surface area contributed by atoms with E-state index < -0.39 is 6.10 Å². The minimum absolute atomic E-state index is 0.0526. The smallest absolute Gasteiger partial charge is 0.224 e. The van der Waals surface area contributed by atoms with Gasteiger partial charge in [-0.15, -0.1) is 11.3 Å². The van der Waals surface area contributed by atoms with Crippen LogP contribution in [0.3, 0.4) is 0 Å². The van der Waals surface area contributed by atoms with Crippen LogP contribution in [0.5, 0.6) is 0 Å². The Kier molecular flexibility index (Phi) is 6.41. The fourth-order valence-corrected chi connectivity index (χ4v) is 5.38. The third-order valence-electron chi connectivity index (χ3n) is 6.38. The lowest BCUT2D eigenvalue weighted by Crippen LogP contribution is -2.31. The van der Waals surface area contributed by atoms with Crippen molar-refractivity contribution in [1.29, 1.82) is 0 Å². The fraction of sp³-hybridized carbons (Fsp3) is 0.400. The molecular formula is C25H29N3O3S. The van der Waals surface area contributed by atoms with Crippen molar-refractivity contribution < 1.29 is 14.7 Å². The number of aliphatic hydroxyl groups excluding tert-OH is 1. The number of anilines is 2. The molecule has 3 heterocycles. The van der Waals surface area contributed by atoms with Crippen LogP contribution < -0.4 is 10.4 Å². The molecule has 1 saturated heterocycles. The van der Waals surface area contributed by atoms with Gasteiger partial charge < -0.3 is 10.4 Å². The lowest BCUT2D eigenvalue weighted by atomic mass is 9.97. The summed E-state index contributed by atoms with van der Waals surface area (Å²) in [6, 6.07) is 14.5. The van der Waals surface area contributed by atoms with Crippen LogP contribution >= 0.6 is 11.3 Å². The second kappa shape index (κ2) is 9.58. The van der Waals surface area contributed by atoms with E-state index in [2.05, 4.69) is 39.9 Å². The van der Waals surface area contributed by atoms with Crippen molar-refractivity contribution in [3.05, 3.63) is 59.0 Å². The van der Waals surface area contributed by atoms with Crippen molar-refractivity contribution in [2.75, 3.05) is 43.2 Å². The standard InChI is InChI=1S/C25H29N3O3S/c29-23(19-7-6-18-8-9-25(30)26-21(18)17-19)4-2-11-27-12-13-28(31-15-14-27)22-3-1-5-24-20(22)10-16-32-24/h1,3,5-7,10,16-17,23,29H,2,4,8-9,11-15H2,(H,26,30). The summed E-state index contributed by atoms with van der Waals surface area (Å²) >= 11 is 1.75. The number of nitrogens with one attached hydrogen (secondary N) is 1. The summed E-state index contributed by atoms with van der Waals surface area (Å²) in [5.41, 5.74) is 4.01. The molecular weight excluding hydrogens is 422 g/mol. The predicted molar refractivity (Wildman–Crippen MR) is 129 cm³/mol. The molecule has 1 amide bonds. The van der Waals surface area contributed by atoms with E-state index in [-0.39, 0.29) is 5.91 Å². The number of aryl methyl sites for hydroxylation is 1. The zero-order valence-corrected chi connectivity index (χ0v) is 18.9. The largest absolute Gasteiger partial charge is 0.388 e. The van der Waals surface area contributed by atoms with Crippen molar-refractivity contribution in [1.82, 2.24) is 4.90 Å². The van der Waals surface area contributed by atoms with E-state index in [1.807, 2.05) is 23.3 Å². The maximum absolute atomic E-state index is 11.7. The van der Waals surface area contributed by atoms with Gasteiger partial charge in [-0.05, 0) is 66.6 Å². The van der Waals surface area contributed by atoms with Crippen LogP contribution in [0.15, 0.2) is 47.8 Å². The third kappa shape index (κ3) is 4.66. The van der Waals surface area contributed by atoms with Gasteiger partial charge in [-0.2, -0.15) is 0 Å². The van der Waals surface area contributed by atoms with Crippen LogP contribution in [-0.2, 0) is 16.1 Å². The predicted octanol–water partition coefficient (Wildman–Crippen LogP) is 4.35. The molecule has 1 fully saturated rings. The molecule has 2 aliphatic rings. The molecule has 0 saturated carbocycles. The second-order valence-corrected chi connectivity index (χ2v) is 9.46. The highest BCUT2D eigenvalue weighted by Gasteiger charge is 2.20. The van der Waals surface area contributed by atoms with Gasteiger partial charge in [-0.1, -0.05) is 18.2 Å². The molecule has 0 aliphatic carbocycles. The molecule has 0 radical (unpaired) electrons. The molecule has 3 aromatic rings. The van der Waals surface area contributed by atoms with E-state index in [0.717, 1.165) is 61.5 Å². The Balaban J connectivity index is 1.13. The highest BCUT2D eigenvalue weighted by molar-refractivity contribution is 7.17. The average Bonchev–Trinajstić information content (AvgIpc) is 3.17. The first kappa shape index (κ1) is 21.4. The quantitative estimate of drug-likeness (QED) is 0.583. The number of amides is 1. The van der Waals surface area contributed by atoms with E-state index in [9.17, 15) is 9.90 Å². The Morgan fingerprint density at radius 1 is 1.12 bits per heavy atom. The monoisotopic (exact) mass is 451 g/mol. The first-order chi connectivity index (χ1) is 15.7. The Morgan fingerprint density at radius 2 is 2.06 bits per heavy atom. The Hall–Kier alpha value is -2.45. The number of fused-ring (bicyclic) bond motifs is 2. The van der Waals surface area contributed by atoms with Crippen LogP contribution in [0.1, 0.15) is 36.5 Å². The number of aliphatic hydroxyl groups is 1. The first-order valence-corrected chi connectivity index (χ1v) is 12.2. The minimum Gasteiger partial charge on any atom is -0.388 e. The fourth-order valence-electron chi connectivity index (χ4n) is 4.57. The highest BCUT2D eigenvalue weighted by Crippen LogP contribution is 2.31. The topological polar surface area (TPSA) is 65.0 Å². The van der Waals surface area contributed by atoms with Crippen LogP contribution in [0.2, 0.25) is 0 Å². The van der Waals surface area contributed by atoms with Gasteiger partial charge in [0.2, 0.25) is 5.91 Å². The zero-order valence-electron chi connectivity index (χ0n) is 18.1. The van der Waals surface area contributed by atoms with E-state index in [1.165, 1.54) is 10.1 Å². The first-order valence-electron chi connectivity index (χ1n) is 11.4. The molecule has 6 nitrogen and oxygen atoms in total. The third-order valence-corrected chi connectivity index (χ3v) is 7.26. The number of hydrogen-bond acceptors (Lipinski definition) is 6. The number of hydroxylamine groups is 1. The SMILES string of the molecule is O=C1CCc2ccc(C(O)CCCN3CCON(c4cccc5sccc45)CC3)cc2N1. The summed E-state index contributed by atoms with van der Waals surface area (Å²) in [6.07, 6.45) is 2.39. The van der Waals surface area contributed by atoms with E-state index >= 15 is 0 Å². The van der Waals surface area contributed by atoms with Gasteiger partial charge in [-0.25, -0.2) is 0 Å². The lowest BCUT2D eigenvalue weighted by Gasteiger charge is -2.23. The molecule has 1 atom stereocenters. The van der Waals surface area contributed by atoms with Crippen molar-refractivity contribution in [2.45, 2.75) is 31.8 Å². The van der Waals surface area contributed by atoms with Gasteiger partial charge in [0.15, 0.2) is 0 Å². The van der Waals surface area contributed by atoms with Crippen LogP contribution in [0.25, 0.3) is 10.1 Å². The van der Waals surface area contributed by atoms with Gasteiger partial charge in [0.1, 0.15) is 0 Å². The van der Waals surface area contributed by atoms with E-state index in [1.54, 1.807) is 11.3 Å². The summed E-state index contributed by atoms with van der Waals surface area (Å²) in [5, 5.41) is 19.0. The summed E-state index contributed by atoms with van der Waals surface area (Å²) in [6.45, 7) is 4.23. The van der Waals surface area contributed by atoms with E-state index in [4.69, 9.17) is 4.84 Å². The zero-order chi connectivity index (χ0) is 21.9. The number of rotatable bonds is 6. The van der Waals surface area contributed by atoms with Crippen molar-refractivity contribution in [2.24, 2.45) is 0 Å². The van der Waals surface area contributed by atoms with Gasteiger partial charge in [0.05, 0.1) is 24.9 Å². The molecule has 1 aromatic heterocycles. The van der Waals surface area contributed by atoms with E-state index in [0.29, 0.717) is 19.4 Å². The molecule has 5 rings (SSSR count). The Morgan fingerprint density at radius 3 is 3.00 bits per heavy atom. The van der Waals surface area contributed by atoms with Crippen molar-refractivity contribution >= 4 is 38.7 Å². The van der Waals surface area contributed by atoms with Gasteiger partial charge in [-0.3, -0.25) is 19.6 Å². The second-order valence-electron chi connectivity index (χ2n) is 8.51. The van der Waals surface area contributed by atoms with Crippen molar-refractivity contribution in [3.63, 3.8) is 0 Å². The summed E-state index contributed by atoms with van der Waals surface area (Å²) < 4.78 is 1.28. The molecule has 2 aliphatic heterocycles. The average molecular weight is 452 g/mol. The van der Waals surface area contributed by atoms with Crippen molar-refractivity contribution in [3.8, 4) is 0 Å².